The van der Waals surface area contributed by atoms with Crippen molar-refractivity contribution < 1.29 is 13.9 Å². The third-order valence-electron chi connectivity index (χ3n) is 3.25. The standard InChI is InChI=1S/C17H19FN2O2/c1-12(20-15-5-3-4-6-16(15)22-2)17(21)19-11-13-7-9-14(18)10-8-13/h3-10,12,20H,11H2,1-2H3,(H,19,21)/t12-/m1/s1. The Morgan fingerprint density at radius 3 is 2.55 bits per heavy atom. The molecule has 0 saturated heterocycles. The van der Waals surface area contributed by atoms with Crippen molar-refractivity contribution in [3.8, 4) is 5.75 Å². The second-order valence-electron chi connectivity index (χ2n) is 4.91. The first kappa shape index (κ1) is 15.8. The number of amides is 1. The van der Waals surface area contributed by atoms with Crippen molar-refractivity contribution in [2.75, 3.05) is 12.4 Å². The summed E-state index contributed by atoms with van der Waals surface area (Å²) in [7, 11) is 1.58. The van der Waals surface area contributed by atoms with Crippen molar-refractivity contribution in [1.29, 1.82) is 0 Å². The van der Waals surface area contributed by atoms with Gasteiger partial charge in [-0.25, -0.2) is 4.39 Å². The van der Waals surface area contributed by atoms with Gasteiger partial charge in [0.1, 0.15) is 17.6 Å². The van der Waals surface area contributed by atoms with E-state index in [4.69, 9.17) is 4.74 Å². The van der Waals surface area contributed by atoms with Crippen molar-refractivity contribution in [3.63, 3.8) is 0 Å². The number of carbonyl (C=O) groups is 1. The van der Waals surface area contributed by atoms with E-state index in [2.05, 4.69) is 10.6 Å². The molecule has 4 nitrogen and oxygen atoms in total. The molecule has 2 rings (SSSR count). The van der Waals surface area contributed by atoms with Crippen molar-refractivity contribution in [2.24, 2.45) is 0 Å². The Balaban J connectivity index is 1.90. The van der Waals surface area contributed by atoms with Gasteiger partial charge in [0, 0.05) is 6.54 Å². The zero-order valence-electron chi connectivity index (χ0n) is 12.6. The van der Waals surface area contributed by atoms with Gasteiger partial charge in [-0.15, -0.1) is 0 Å². The number of para-hydroxylation sites is 2. The second kappa shape index (κ2) is 7.45. The molecule has 5 heteroatoms. The SMILES string of the molecule is COc1ccccc1N[C@H](C)C(=O)NCc1ccc(F)cc1. The highest BCUT2D eigenvalue weighted by molar-refractivity contribution is 5.84. The van der Waals surface area contributed by atoms with Gasteiger partial charge >= 0.3 is 0 Å². The molecule has 2 aromatic rings. The third kappa shape index (κ3) is 4.22. The van der Waals surface area contributed by atoms with E-state index < -0.39 is 6.04 Å². The van der Waals surface area contributed by atoms with Crippen LogP contribution in [-0.4, -0.2) is 19.1 Å². The van der Waals surface area contributed by atoms with Gasteiger partial charge < -0.3 is 15.4 Å². The van der Waals surface area contributed by atoms with Gasteiger partial charge in [-0.1, -0.05) is 24.3 Å². The Bertz CT molecular complexity index is 629. The molecule has 0 aliphatic heterocycles. The van der Waals surface area contributed by atoms with E-state index in [-0.39, 0.29) is 11.7 Å². The molecule has 0 unspecified atom stereocenters. The van der Waals surface area contributed by atoms with Crippen LogP contribution in [0.15, 0.2) is 48.5 Å². The zero-order chi connectivity index (χ0) is 15.9. The lowest BCUT2D eigenvalue weighted by molar-refractivity contribution is -0.121. The van der Waals surface area contributed by atoms with Gasteiger partial charge in [0.05, 0.1) is 12.8 Å². The average molecular weight is 302 g/mol. The molecule has 0 bridgehead atoms. The first-order valence-corrected chi connectivity index (χ1v) is 7.02. The molecule has 1 amide bonds. The van der Waals surface area contributed by atoms with Crippen molar-refractivity contribution >= 4 is 11.6 Å². The minimum atomic E-state index is -0.420. The molecule has 0 aromatic heterocycles. The van der Waals surface area contributed by atoms with Gasteiger partial charge in [-0.05, 0) is 36.8 Å². The quantitative estimate of drug-likeness (QED) is 0.862. The normalized spacial score (nSPS) is 11.6. The molecule has 0 spiro atoms. The molecule has 0 heterocycles. The van der Waals surface area contributed by atoms with Crippen LogP contribution in [0.25, 0.3) is 0 Å². The van der Waals surface area contributed by atoms with Crippen LogP contribution in [0.5, 0.6) is 5.75 Å². The second-order valence-corrected chi connectivity index (χ2v) is 4.91. The largest absolute Gasteiger partial charge is 0.495 e. The molecular weight excluding hydrogens is 283 g/mol. The zero-order valence-corrected chi connectivity index (χ0v) is 12.6. The fourth-order valence-electron chi connectivity index (χ4n) is 2.01. The average Bonchev–Trinajstić information content (AvgIpc) is 2.54. The van der Waals surface area contributed by atoms with E-state index in [0.29, 0.717) is 12.3 Å². The molecule has 2 aromatic carbocycles. The Kier molecular flexibility index (Phi) is 5.36. The number of rotatable bonds is 6. The summed E-state index contributed by atoms with van der Waals surface area (Å²) >= 11 is 0. The van der Waals surface area contributed by atoms with Crippen LogP contribution in [0, 0.1) is 5.82 Å². The van der Waals surface area contributed by atoms with E-state index >= 15 is 0 Å². The van der Waals surface area contributed by atoms with Crippen LogP contribution >= 0.6 is 0 Å². The van der Waals surface area contributed by atoms with E-state index in [1.165, 1.54) is 12.1 Å². The summed E-state index contributed by atoms with van der Waals surface area (Å²) in [5.41, 5.74) is 1.61. The highest BCUT2D eigenvalue weighted by Gasteiger charge is 2.14. The van der Waals surface area contributed by atoms with Crippen molar-refractivity contribution in [2.45, 2.75) is 19.5 Å². The number of carbonyl (C=O) groups excluding carboxylic acids is 1. The van der Waals surface area contributed by atoms with Gasteiger partial charge in [0.15, 0.2) is 0 Å². The molecule has 2 N–H and O–H groups in total. The fourth-order valence-corrected chi connectivity index (χ4v) is 2.01. The summed E-state index contributed by atoms with van der Waals surface area (Å²) in [5, 5.41) is 5.92. The van der Waals surface area contributed by atoms with Crippen molar-refractivity contribution in [3.05, 3.63) is 59.9 Å². The van der Waals surface area contributed by atoms with E-state index in [1.54, 1.807) is 26.2 Å². The predicted molar refractivity (Wildman–Crippen MR) is 84.3 cm³/mol. The van der Waals surface area contributed by atoms with Crippen LogP contribution in [0.1, 0.15) is 12.5 Å². The summed E-state index contributed by atoms with van der Waals surface area (Å²) in [6, 6.07) is 13.0. The summed E-state index contributed by atoms with van der Waals surface area (Å²) in [6.45, 7) is 2.13. The van der Waals surface area contributed by atoms with Crippen LogP contribution in [-0.2, 0) is 11.3 Å². The lowest BCUT2D eigenvalue weighted by Gasteiger charge is -2.17. The molecule has 0 saturated carbocycles. The number of anilines is 1. The maximum atomic E-state index is 12.8. The maximum Gasteiger partial charge on any atom is 0.242 e. The van der Waals surface area contributed by atoms with Gasteiger partial charge in [0.25, 0.3) is 0 Å². The van der Waals surface area contributed by atoms with E-state index in [9.17, 15) is 9.18 Å². The number of halogens is 1. The molecule has 1 atom stereocenters. The highest BCUT2D eigenvalue weighted by atomic mass is 19.1. The molecule has 0 aliphatic carbocycles. The van der Waals surface area contributed by atoms with Crippen LogP contribution in [0.3, 0.4) is 0 Å². The molecule has 22 heavy (non-hydrogen) atoms. The first-order chi connectivity index (χ1) is 10.6. The molecule has 116 valence electrons. The monoisotopic (exact) mass is 302 g/mol. The molecule has 0 radical (unpaired) electrons. The van der Waals surface area contributed by atoms with Gasteiger partial charge in [-0.3, -0.25) is 4.79 Å². The van der Waals surface area contributed by atoms with Crippen LogP contribution < -0.4 is 15.4 Å². The number of ether oxygens (including phenoxy) is 1. The Hall–Kier alpha value is -2.56. The first-order valence-electron chi connectivity index (χ1n) is 7.02. The van der Waals surface area contributed by atoms with Gasteiger partial charge in [0.2, 0.25) is 5.91 Å². The minimum Gasteiger partial charge on any atom is -0.495 e. The topological polar surface area (TPSA) is 50.4 Å². The van der Waals surface area contributed by atoms with Gasteiger partial charge in [-0.2, -0.15) is 0 Å². The Labute approximate surface area is 129 Å². The van der Waals surface area contributed by atoms with E-state index in [1.807, 2.05) is 24.3 Å². The number of benzene rings is 2. The molecule has 0 fully saturated rings. The summed E-state index contributed by atoms with van der Waals surface area (Å²) in [5.74, 6) is 0.247. The third-order valence-corrected chi connectivity index (χ3v) is 3.25. The predicted octanol–water partition coefficient (Wildman–Crippen LogP) is 2.95. The van der Waals surface area contributed by atoms with Crippen LogP contribution in [0.2, 0.25) is 0 Å². The number of hydrogen-bond donors (Lipinski definition) is 2. The smallest absolute Gasteiger partial charge is 0.242 e. The number of methoxy groups -OCH3 is 1. The lowest BCUT2D eigenvalue weighted by atomic mass is 10.2. The summed E-state index contributed by atoms with van der Waals surface area (Å²) in [6.07, 6.45) is 0. The molecular formula is C17H19FN2O2. The van der Waals surface area contributed by atoms with E-state index in [0.717, 1.165) is 11.3 Å². The molecule has 0 aliphatic rings. The maximum absolute atomic E-state index is 12.8. The Morgan fingerprint density at radius 2 is 1.86 bits per heavy atom. The number of nitrogens with one attached hydrogen (secondary N) is 2. The minimum absolute atomic E-state index is 0.143. The summed E-state index contributed by atoms with van der Waals surface area (Å²) < 4.78 is 18.1. The van der Waals surface area contributed by atoms with Crippen molar-refractivity contribution in [1.82, 2.24) is 5.32 Å². The van der Waals surface area contributed by atoms with Crippen LogP contribution in [0.4, 0.5) is 10.1 Å². The fraction of sp³-hybridized carbons (Fsp3) is 0.235. The summed E-state index contributed by atoms with van der Waals surface area (Å²) in [4.78, 5) is 12.1. The number of hydrogen-bond acceptors (Lipinski definition) is 3. The highest BCUT2D eigenvalue weighted by Crippen LogP contribution is 2.23. The Morgan fingerprint density at radius 1 is 1.18 bits per heavy atom. The lowest BCUT2D eigenvalue weighted by Crippen LogP contribution is -2.37.